The Kier molecular flexibility index (Phi) is 3.92. The molecule has 0 spiro atoms. The average Bonchev–Trinajstić information content (AvgIpc) is 2.12. The van der Waals surface area contributed by atoms with Gasteiger partial charge in [-0.15, -0.1) is 13.2 Å². The van der Waals surface area contributed by atoms with Gasteiger partial charge in [0, 0.05) is 5.56 Å². The molecule has 1 aromatic rings. The first-order valence-electron chi connectivity index (χ1n) is 3.97. The Balaban J connectivity index is 2.83. The van der Waals surface area contributed by atoms with E-state index < -0.39 is 6.36 Å². The van der Waals surface area contributed by atoms with Gasteiger partial charge in [0.15, 0.2) is 0 Å². The van der Waals surface area contributed by atoms with Crippen LogP contribution in [0.2, 0.25) is 0 Å². The normalized spacial score (nSPS) is 10.4. The lowest BCUT2D eigenvalue weighted by Gasteiger charge is -2.08. The van der Waals surface area contributed by atoms with Crippen LogP contribution in [0.25, 0.3) is 0 Å². The molecule has 0 N–H and O–H groups in total. The van der Waals surface area contributed by atoms with Gasteiger partial charge in [-0.1, -0.05) is 17.9 Å². The highest BCUT2D eigenvalue weighted by Crippen LogP contribution is 2.22. The summed E-state index contributed by atoms with van der Waals surface area (Å²) in [4.78, 5) is 0. The van der Waals surface area contributed by atoms with E-state index in [-0.39, 0.29) is 5.75 Å². The molecule has 0 heterocycles. The predicted octanol–water partition coefficient (Wildman–Crippen LogP) is 2.87. The molecule has 5 heteroatoms. The van der Waals surface area contributed by atoms with Gasteiger partial charge in [-0.2, -0.15) is 12.6 Å². The van der Waals surface area contributed by atoms with E-state index in [2.05, 4.69) is 29.2 Å². The maximum absolute atomic E-state index is 11.9. The summed E-state index contributed by atoms with van der Waals surface area (Å²) < 4.78 is 39.3. The summed E-state index contributed by atoms with van der Waals surface area (Å²) in [5, 5.41) is 0. The zero-order valence-corrected chi connectivity index (χ0v) is 8.40. The molecule has 0 radical (unpaired) electrons. The molecule has 0 fully saturated rings. The molecule has 0 aliphatic heterocycles. The molecule has 0 aliphatic rings. The third-order valence-corrected chi connectivity index (χ3v) is 1.54. The summed E-state index contributed by atoms with van der Waals surface area (Å²) >= 11 is 3.86. The van der Waals surface area contributed by atoms with Crippen molar-refractivity contribution in [2.45, 2.75) is 6.36 Å². The fraction of sp³-hybridized carbons (Fsp3) is 0.200. The second kappa shape index (κ2) is 4.99. The van der Waals surface area contributed by atoms with Crippen molar-refractivity contribution in [3.63, 3.8) is 0 Å². The smallest absolute Gasteiger partial charge is 0.406 e. The number of ether oxygens (including phenoxy) is 1. The Morgan fingerprint density at radius 2 is 2.07 bits per heavy atom. The molecule has 1 rings (SSSR count). The van der Waals surface area contributed by atoms with Crippen LogP contribution >= 0.6 is 12.6 Å². The second-order valence-corrected chi connectivity index (χ2v) is 2.85. The van der Waals surface area contributed by atoms with E-state index in [1.165, 1.54) is 18.2 Å². The van der Waals surface area contributed by atoms with E-state index >= 15 is 0 Å². The van der Waals surface area contributed by atoms with Gasteiger partial charge in [0.2, 0.25) is 0 Å². The fourth-order valence-corrected chi connectivity index (χ4v) is 0.992. The van der Waals surface area contributed by atoms with Crippen molar-refractivity contribution >= 4 is 12.6 Å². The van der Waals surface area contributed by atoms with Crippen molar-refractivity contribution < 1.29 is 17.9 Å². The Bertz CT molecular complexity index is 390. The predicted molar refractivity (Wildman–Crippen MR) is 53.9 cm³/mol. The fourth-order valence-electron chi connectivity index (χ4n) is 0.913. The summed E-state index contributed by atoms with van der Waals surface area (Å²) in [6.07, 6.45) is -4.67. The topological polar surface area (TPSA) is 9.23 Å². The molecular weight excluding hydrogens is 225 g/mol. The Hall–Kier alpha value is -1.28. The van der Waals surface area contributed by atoms with E-state index in [4.69, 9.17) is 0 Å². The molecule has 1 aromatic carbocycles. The van der Waals surface area contributed by atoms with Gasteiger partial charge in [-0.25, -0.2) is 0 Å². The Labute approximate surface area is 90.7 Å². The monoisotopic (exact) mass is 232 g/mol. The molecule has 1 nitrogen and oxygen atoms in total. The number of benzene rings is 1. The molecule has 80 valence electrons. The zero-order valence-electron chi connectivity index (χ0n) is 7.51. The molecule has 0 aliphatic carbocycles. The van der Waals surface area contributed by atoms with Crippen LogP contribution < -0.4 is 4.74 Å². The largest absolute Gasteiger partial charge is 0.573 e. The molecule has 15 heavy (non-hydrogen) atoms. The van der Waals surface area contributed by atoms with Gasteiger partial charge < -0.3 is 4.74 Å². The summed E-state index contributed by atoms with van der Waals surface area (Å²) in [6.45, 7) is 0. The first-order valence-corrected chi connectivity index (χ1v) is 4.60. The Morgan fingerprint density at radius 1 is 1.33 bits per heavy atom. The summed E-state index contributed by atoms with van der Waals surface area (Å²) in [6, 6.07) is 5.49. The van der Waals surface area contributed by atoms with Gasteiger partial charge in [0.05, 0.1) is 5.75 Å². The molecular formula is C10H7F3OS. The van der Waals surface area contributed by atoms with Crippen molar-refractivity contribution in [1.82, 2.24) is 0 Å². The van der Waals surface area contributed by atoms with Crippen molar-refractivity contribution in [2.75, 3.05) is 5.75 Å². The minimum absolute atomic E-state index is 0.270. The standard InChI is InChI=1S/C10H7F3OS/c11-10(12,13)14-9-5-1-3-8(7-9)4-2-6-15/h1,3,5,7,15H,6H2. The first-order chi connectivity index (χ1) is 7.01. The van der Waals surface area contributed by atoms with Crippen LogP contribution in [-0.4, -0.2) is 12.1 Å². The quantitative estimate of drug-likeness (QED) is 0.578. The number of halogens is 3. The van der Waals surface area contributed by atoms with Gasteiger partial charge in [0.25, 0.3) is 0 Å². The van der Waals surface area contributed by atoms with Gasteiger partial charge >= 0.3 is 6.36 Å². The molecule has 0 unspecified atom stereocenters. The number of alkyl halides is 3. The van der Waals surface area contributed by atoms with Crippen LogP contribution in [0.1, 0.15) is 5.56 Å². The van der Waals surface area contributed by atoms with E-state index in [9.17, 15) is 13.2 Å². The average molecular weight is 232 g/mol. The minimum atomic E-state index is -4.67. The van der Waals surface area contributed by atoms with Crippen molar-refractivity contribution in [1.29, 1.82) is 0 Å². The van der Waals surface area contributed by atoms with Crippen LogP contribution in [0.4, 0.5) is 13.2 Å². The van der Waals surface area contributed by atoms with Crippen LogP contribution in [0.3, 0.4) is 0 Å². The van der Waals surface area contributed by atoms with Crippen LogP contribution in [0.5, 0.6) is 5.75 Å². The van der Waals surface area contributed by atoms with E-state index in [1.54, 1.807) is 6.07 Å². The van der Waals surface area contributed by atoms with Gasteiger partial charge in [-0.3, -0.25) is 0 Å². The molecule has 0 saturated carbocycles. The summed E-state index contributed by atoms with van der Waals surface area (Å²) in [5.74, 6) is 5.36. The van der Waals surface area contributed by atoms with E-state index in [0.29, 0.717) is 11.3 Å². The van der Waals surface area contributed by atoms with Crippen LogP contribution in [0.15, 0.2) is 24.3 Å². The lowest BCUT2D eigenvalue weighted by Crippen LogP contribution is -2.17. The zero-order chi connectivity index (χ0) is 11.3. The van der Waals surface area contributed by atoms with Crippen LogP contribution in [-0.2, 0) is 0 Å². The number of thiol groups is 1. The third-order valence-electron chi connectivity index (χ3n) is 1.38. The van der Waals surface area contributed by atoms with Crippen molar-refractivity contribution in [3.05, 3.63) is 29.8 Å². The number of hydrogen-bond donors (Lipinski definition) is 1. The maximum Gasteiger partial charge on any atom is 0.573 e. The van der Waals surface area contributed by atoms with Gasteiger partial charge in [-0.05, 0) is 18.2 Å². The highest BCUT2D eigenvalue weighted by atomic mass is 32.1. The van der Waals surface area contributed by atoms with Crippen LogP contribution in [0, 0.1) is 11.8 Å². The molecule has 0 aromatic heterocycles. The Morgan fingerprint density at radius 3 is 2.67 bits per heavy atom. The minimum Gasteiger partial charge on any atom is -0.406 e. The second-order valence-electron chi connectivity index (χ2n) is 2.54. The number of rotatable bonds is 1. The number of hydrogen-bond acceptors (Lipinski definition) is 2. The summed E-state index contributed by atoms with van der Waals surface area (Å²) in [5.41, 5.74) is 0.464. The van der Waals surface area contributed by atoms with Crippen molar-refractivity contribution in [3.8, 4) is 17.6 Å². The SMILES string of the molecule is FC(F)(F)Oc1cccc(C#CCS)c1. The molecule has 0 saturated heterocycles. The first kappa shape index (κ1) is 11.8. The summed E-state index contributed by atoms with van der Waals surface area (Å²) in [7, 11) is 0. The molecule has 0 bridgehead atoms. The lowest BCUT2D eigenvalue weighted by molar-refractivity contribution is -0.274. The lowest BCUT2D eigenvalue weighted by atomic mass is 10.2. The third kappa shape index (κ3) is 4.66. The van der Waals surface area contributed by atoms with Crippen molar-refractivity contribution in [2.24, 2.45) is 0 Å². The van der Waals surface area contributed by atoms with E-state index in [1.807, 2.05) is 0 Å². The highest BCUT2D eigenvalue weighted by molar-refractivity contribution is 7.80. The molecule has 0 atom stereocenters. The molecule has 0 amide bonds. The maximum atomic E-state index is 11.9. The van der Waals surface area contributed by atoms with Gasteiger partial charge in [0.1, 0.15) is 5.75 Å². The van der Waals surface area contributed by atoms with E-state index in [0.717, 1.165) is 0 Å². The highest BCUT2D eigenvalue weighted by Gasteiger charge is 2.30.